The number of piperazine rings is 1. The summed E-state index contributed by atoms with van der Waals surface area (Å²) < 4.78 is 11.3. The lowest BCUT2D eigenvalue weighted by molar-refractivity contribution is 0.269. The van der Waals surface area contributed by atoms with Gasteiger partial charge in [-0.15, -0.1) is 0 Å². The molecule has 0 saturated carbocycles. The number of likely N-dealkylation sites (N-methyl/N-ethyl adjacent to an activating group) is 1. The van der Waals surface area contributed by atoms with Crippen molar-refractivity contribution in [2.24, 2.45) is 0 Å². The van der Waals surface area contributed by atoms with E-state index < -0.39 is 5.63 Å². The summed E-state index contributed by atoms with van der Waals surface area (Å²) >= 11 is 0. The first-order valence-corrected chi connectivity index (χ1v) is 10.9. The van der Waals surface area contributed by atoms with E-state index in [2.05, 4.69) is 37.0 Å². The molecule has 33 heavy (non-hydrogen) atoms. The number of benzene rings is 2. The minimum atomic E-state index is -0.503. The largest absolute Gasteiger partial charge is 0.423 e. The molecule has 9 heteroatoms. The van der Waals surface area contributed by atoms with Gasteiger partial charge in [0, 0.05) is 31.9 Å². The molecule has 9 nitrogen and oxygen atoms in total. The molecule has 1 fully saturated rings. The molecule has 0 unspecified atom stereocenters. The monoisotopic (exact) mass is 444 g/mol. The van der Waals surface area contributed by atoms with Crippen LogP contribution in [0.3, 0.4) is 0 Å². The van der Waals surface area contributed by atoms with Crippen molar-refractivity contribution in [2.45, 2.75) is 6.92 Å². The van der Waals surface area contributed by atoms with Crippen LogP contribution in [0.5, 0.6) is 11.8 Å². The van der Waals surface area contributed by atoms with Gasteiger partial charge in [0.15, 0.2) is 0 Å². The van der Waals surface area contributed by atoms with Crippen LogP contribution in [0.4, 0.5) is 17.6 Å². The average molecular weight is 444 g/mol. The van der Waals surface area contributed by atoms with Crippen LogP contribution >= 0.6 is 0 Å². The fourth-order valence-electron chi connectivity index (χ4n) is 3.77. The van der Waals surface area contributed by atoms with Gasteiger partial charge in [0.2, 0.25) is 11.9 Å². The fraction of sp³-hybridized carbons (Fsp3) is 0.250. The fourth-order valence-corrected chi connectivity index (χ4v) is 3.77. The maximum Gasteiger partial charge on any atom is 0.339 e. The number of aromatic nitrogens is 3. The van der Waals surface area contributed by atoms with Crippen molar-refractivity contribution in [3.05, 3.63) is 71.1 Å². The predicted octanol–water partition coefficient (Wildman–Crippen LogP) is 3.66. The van der Waals surface area contributed by atoms with Gasteiger partial charge in [0.25, 0.3) is 0 Å². The molecule has 5 rings (SSSR count). The van der Waals surface area contributed by atoms with Crippen LogP contribution < -0.4 is 20.6 Å². The molecule has 1 saturated heterocycles. The van der Waals surface area contributed by atoms with Crippen molar-refractivity contribution in [3.63, 3.8) is 0 Å². The third kappa shape index (κ3) is 4.78. The zero-order valence-electron chi connectivity index (χ0n) is 18.3. The first-order chi connectivity index (χ1) is 16.2. The SMILES string of the molecule is CCN1CCN(c2nc(Nc3ccccc3)nc(Oc3cc(=O)oc4ccccc34)n2)CC1. The smallest absolute Gasteiger partial charge is 0.339 e. The zero-order valence-corrected chi connectivity index (χ0v) is 18.3. The Balaban J connectivity index is 1.51. The van der Waals surface area contributed by atoms with Crippen molar-refractivity contribution in [1.82, 2.24) is 19.9 Å². The molecule has 0 spiro atoms. The molecule has 168 valence electrons. The van der Waals surface area contributed by atoms with E-state index in [-0.39, 0.29) is 6.01 Å². The normalized spacial score (nSPS) is 14.4. The Kier molecular flexibility index (Phi) is 5.86. The van der Waals surface area contributed by atoms with Gasteiger partial charge in [-0.1, -0.05) is 37.3 Å². The van der Waals surface area contributed by atoms with E-state index in [9.17, 15) is 4.79 Å². The standard InChI is InChI=1S/C24H24N6O3/c1-2-29-12-14-30(15-13-29)23-26-22(25-17-8-4-3-5-9-17)27-24(28-23)33-20-16-21(31)32-19-11-7-6-10-18(19)20/h3-11,16H,2,12-15H2,1H3,(H,25,26,27,28). The Hall–Kier alpha value is -3.98. The number of para-hydroxylation sites is 2. The summed E-state index contributed by atoms with van der Waals surface area (Å²) in [5.41, 5.74) is 0.783. The molecule has 3 heterocycles. The summed E-state index contributed by atoms with van der Waals surface area (Å²) in [4.78, 5) is 30.2. The molecule has 2 aromatic carbocycles. The number of anilines is 3. The van der Waals surface area contributed by atoms with E-state index in [4.69, 9.17) is 9.15 Å². The van der Waals surface area contributed by atoms with Crippen LogP contribution in [0.15, 0.2) is 69.9 Å². The van der Waals surface area contributed by atoms with Crippen LogP contribution in [-0.2, 0) is 0 Å². The summed E-state index contributed by atoms with van der Waals surface area (Å²) in [6.07, 6.45) is 0. The lowest BCUT2D eigenvalue weighted by Gasteiger charge is -2.34. The number of ether oxygens (including phenoxy) is 1. The molecule has 0 atom stereocenters. The van der Waals surface area contributed by atoms with Crippen LogP contribution in [0.1, 0.15) is 6.92 Å². The molecule has 0 aliphatic carbocycles. The molecule has 1 aliphatic heterocycles. The summed E-state index contributed by atoms with van der Waals surface area (Å²) in [5.74, 6) is 1.23. The van der Waals surface area contributed by atoms with Gasteiger partial charge in [-0.25, -0.2) is 4.79 Å². The van der Waals surface area contributed by atoms with Gasteiger partial charge in [0.05, 0.1) is 11.5 Å². The van der Waals surface area contributed by atoms with Gasteiger partial charge >= 0.3 is 11.6 Å². The van der Waals surface area contributed by atoms with Crippen molar-refractivity contribution in [2.75, 3.05) is 42.9 Å². The van der Waals surface area contributed by atoms with Gasteiger partial charge in [-0.3, -0.25) is 0 Å². The van der Waals surface area contributed by atoms with E-state index in [0.29, 0.717) is 28.6 Å². The Labute approximate surface area is 190 Å². The molecule has 4 aromatic rings. The van der Waals surface area contributed by atoms with Crippen molar-refractivity contribution in [1.29, 1.82) is 0 Å². The topological polar surface area (TPSA) is 96.6 Å². The third-order valence-corrected chi connectivity index (χ3v) is 5.55. The number of hydrogen-bond acceptors (Lipinski definition) is 9. The van der Waals surface area contributed by atoms with Crippen molar-refractivity contribution < 1.29 is 9.15 Å². The van der Waals surface area contributed by atoms with Crippen LogP contribution in [0, 0.1) is 0 Å². The van der Waals surface area contributed by atoms with Gasteiger partial charge in [-0.2, -0.15) is 15.0 Å². The van der Waals surface area contributed by atoms with Gasteiger partial charge < -0.3 is 24.3 Å². The number of nitrogens with one attached hydrogen (secondary N) is 1. The molecular weight excluding hydrogens is 420 g/mol. The lowest BCUT2D eigenvalue weighted by atomic mass is 10.2. The molecule has 2 aromatic heterocycles. The second-order valence-electron chi connectivity index (χ2n) is 7.68. The van der Waals surface area contributed by atoms with Crippen LogP contribution in [0.25, 0.3) is 11.0 Å². The summed E-state index contributed by atoms with van der Waals surface area (Å²) in [6.45, 7) is 6.66. The number of fused-ring (bicyclic) bond motifs is 1. The van der Waals surface area contributed by atoms with Gasteiger partial charge in [0.1, 0.15) is 11.3 Å². The Morgan fingerprint density at radius 3 is 2.52 bits per heavy atom. The first-order valence-electron chi connectivity index (χ1n) is 10.9. The predicted molar refractivity (Wildman–Crippen MR) is 126 cm³/mol. The maximum absolute atomic E-state index is 12.1. The Morgan fingerprint density at radius 2 is 1.73 bits per heavy atom. The number of rotatable bonds is 6. The molecular formula is C24H24N6O3. The molecule has 0 bridgehead atoms. The zero-order chi connectivity index (χ0) is 22.6. The second kappa shape index (κ2) is 9.25. The van der Waals surface area contributed by atoms with E-state index >= 15 is 0 Å². The minimum absolute atomic E-state index is 0.104. The highest BCUT2D eigenvalue weighted by Gasteiger charge is 2.21. The maximum atomic E-state index is 12.1. The molecule has 0 amide bonds. The summed E-state index contributed by atoms with van der Waals surface area (Å²) in [5, 5.41) is 3.88. The van der Waals surface area contributed by atoms with E-state index in [1.54, 1.807) is 12.1 Å². The van der Waals surface area contributed by atoms with Gasteiger partial charge in [-0.05, 0) is 30.8 Å². The average Bonchev–Trinajstić information content (AvgIpc) is 2.84. The van der Waals surface area contributed by atoms with Crippen molar-refractivity contribution in [3.8, 4) is 11.8 Å². The Bertz CT molecular complexity index is 1300. The van der Waals surface area contributed by atoms with Crippen molar-refractivity contribution >= 4 is 28.6 Å². The van der Waals surface area contributed by atoms with Crippen LogP contribution in [-0.4, -0.2) is 52.6 Å². The quantitative estimate of drug-likeness (QED) is 0.447. The highest BCUT2D eigenvalue weighted by Crippen LogP contribution is 2.28. The van der Waals surface area contributed by atoms with Crippen LogP contribution in [0.2, 0.25) is 0 Å². The lowest BCUT2D eigenvalue weighted by Crippen LogP contribution is -2.46. The van der Waals surface area contributed by atoms with E-state index in [1.807, 2.05) is 42.5 Å². The highest BCUT2D eigenvalue weighted by atomic mass is 16.5. The Morgan fingerprint density at radius 1 is 0.970 bits per heavy atom. The molecule has 0 radical (unpaired) electrons. The second-order valence-corrected chi connectivity index (χ2v) is 7.68. The number of nitrogens with zero attached hydrogens (tertiary/aromatic N) is 5. The molecule has 1 N–H and O–H groups in total. The summed E-state index contributed by atoms with van der Waals surface area (Å²) in [7, 11) is 0. The first kappa shape index (κ1) is 20.9. The minimum Gasteiger partial charge on any atom is -0.423 e. The highest BCUT2D eigenvalue weighted by molar-refractivity contribution is 5.83. The molecule has 1 aliphatic rings. The van der Waals surface area contributed by atoms with E-state index in [1.165, 1.54) is 6.07 Å². The summed E-state index contributed by atoms with van der Waals surface area (Å²) in [6, 6.07) is 18.3. The number of hydrogen-bond donors (Lipinski definition) is 1. The van der Waals surface area contributed by atoms with E-state index in [0.717, 1.165) is 38.4 Å². The third-order valence-electron chi connectivity index (χ3n) is 5.55.